The average Bonchev–Trinajstić information content (AvgIpc) is 3.55. The maximum atomic E-state index is 12.8. The van der Waals surface area contributed by atoms with Crippen molar-refractivity contribution in [3.05, 3.63) is 217 Å². The summed E-state index contributed by atoms with van der Waals surface area (Å²) in [5.41, 5.74) is 11.7. The molecule has 0 saturated carbocycles. The highest BCUT2D eigenvalue weighted by Crippen LogP contribution is 2.29. The van der Waals surface area contributed by atoms with Gasteiger partial charge in [0.1, 0.15) is 11.6 Å². The second-order valence-electron chi connectivity index (χ2n) is 20.7. The molecule has 85 heavy (non-hydrogen) atoms. The number of nitrogens with one attached hydrogen (secondary N) is 3. The zero-order valence-corrected chi connectivity index (χ0v) is 48.0. The van der Waals surface area contributed by atoms with Crippen LogP contribution in [0.3, 0.4) is 0 Å². The smallest absolute Gasteiger partial charge is 0.255 e. The number of rotatable bonds is 15. The van der Waals surface area contributed by atoms with Crippen molar-refractivity contribution in [3.8, 4) is 22.3 Å². The summed E-state index contributed by atoms with van der Waals surface area (Å²) in [6.07, 6.45) is 12.2. The monoisotopic (exact) mass is 1170 g/mol. The third kappa shape index (κ3) is 15.0. The van der Waals surface area contributed by atoms with Crippen LogP contribution in [0.25, 0.3) is 44.3 Å². The van der Waals surface area contributed by atoms with Crippen LogP contribution in [0.1, 0.15) is 31.8 Å². The average molecular weight is 1170 g/mol. The minimum atomic E-state index is -3.90. The number of aromatic nitrogens is 6. The lowest BCUT2D eigenvalue weighted by atomic mass is 10.0. The molecular formula is C63H60N14O6S2. The van der Waals surface area contributed by atoms with Crippen LogP contribution in [-0.4, -0.2) is 127 Å². The van der Waals surface area contributed by atoms with Crippen molar-refractivity contribution in [2.45, 2.75) is 18.0 Å². The van der Waals surface area contributed by atoms with Gasteiger partial charge in [-0.15, -0.1) is 0 Å². The first-order chi connectivity index (χ1) is 41.1. The molecule has 0 atom stereocenters. The summed E-state index contributed by atoms with van der Waals surface area (Å²) in [5, 5.41) is 10.8. The summed E-state index contributed by atoms with van der Waals surface area (Å²) in [6.45, 7) is 9.07. The van der Waals surface area contributed by atoms with Gasteiger partial charge in [0.05, 0.1) is 45.6 Å². The largest absolute Gasteiger partial charge is 0.353 e. The number of sulfonamides is 2. The van der Waals surface area contributed by atoms with Crippen molar-refractivity contribution in [1.29, 1.82) is 0 Å². The zero-order chi connectivity index (χ0) is 58.9. The molecule has 22 heteroatoms. The molecule has 4 aromatic heterocycles. The Labute approximate surface area is 492 Å². The van der Waals surface area contributed by atoms with Gasteiger partial charge in [-0.05, 0) is 130 Å². The summed E-state index contributed by atoms with van der Waals surface area (Å²) in [5.74, 6) is 0.973. The summed E-state index contributed by atoms with van der Waals surface area (Å²) >= 11 is 0. The van der Waals surface area contributed by atoms with Gasteiger partial charge in [-0.25, -0.2) is 31.9 Å². The van der Waals surface area contributed by atoms with E-state index in [0.29, 0.717) is 22.6 Å². The molecule has 10 aromatic rings. The van der Waals surface area contributed by atoms with Gasteiger partial charge in [0, 0.05) is 118 Å². The number of fused-ring (bicyclic) bond motifs is 2. The van der Waals surface area contributed by atoms with E-state index in [1.165, 1.54) is 41.5 Å². The lowest BCUT2D eigenvalue weighted by molar-refractivity contribution is 0.101. The predicted molar refractivity (Wildman–Crippen MR) is 332 cm³/mol. The van der Waals surface area contributed by atoms with Crippen LogP contribution in [0.2, 0.25) is 0 Å². The van der Waals surface area contributed by atoms with Gasteiger partial charge in [-0.3, -0.25) is 44.0 Å². The van der Waals surface area contributed by atoms with E-state index < -0.39 is 26.0 Å². The number of carbonyl (C=O) groups is 2. The topological polar surface area (TPSA) is 255 Å². The Morgan fingerprint density at radius 1 is 0.471 bits per heavy atom. The first-order valence-electron chi connectivity index (χ1n) is 27.4. The molecule has 2 aliphatic heterocycles. The third-order valence-electron chi connectivity index (χ3n) is 14.5. The molecule has 12 rings (SSSR count). The van der Waals surface area contributed by atoms with Crippen LogP contribution in [-0.2, 0) is 33.1 Å². The van der Waals surface area contributed by atoms with Crippen molar-refractivity contribution in [2.75, 3.05) is 83.8 Å². The molecule has 0 radical (unpaired) electrons. The molecule has 0 bridgehead atoms. The second kappa shape index (κ2) is 25.5. The number of anilines is 5. The van der Waals surface area contributed by atoms with Crippen LogP contribution in [0.5, 0.6) is 0 Å². The highest BCUT2D eigenvalue weighted by atomic mass is 32.2. The Morgan fingerprint density at radius 2 is 0.918 bits per heavy atom. The van der Waals surface area contributed by atoms with Gasteiger partial charge in [0.25, 0.3) is 11.8 Å². The van der Waals surface area contributed by atoms with Crippen molar-refractivity contribution in [1.82, 2.24) is 39.7 Å². The van der Waals surface area contributed by atoms with Gasteiger partial charge in [-0.2, -0.15) is 0 Å². The van der Waals surface area contributed by atoms with E-state index in [9.17, 15) is 26.4 Å². The summed E-state index contributed by atoms with van der Waals surface area (Å²) in [4.78, 5) is 62.4. The molecule has 2 fully saturated rings. The third-order valence-corrected chi connectivity index (χ3v) is 16.0. The Morgan fingerprint density at radius 3 is 1.35 bits per heavy atom. The molecule has 2 amide bonds. The molecule has 0 spiro atoms. The molecule has 6 aromatic carbocycles. The molecule has 430 valence electrons. The number of benzene rings is 6. The Kier molecular flexibility index (Phi) is 17.2. The van der Waals surface area contributed by atoms with Crippen LogP contribution in [0.15, 0.2) is 200 Å². The molecule has 6 heterocycles. The summed E-state index contributed by atoms with van der Waals surface area (Å²) in [7, 11) is -7.34. The van der Waals surface area contributed by atoms with Crippen LogP contribution in [0.4, 0.5) is 28.7 Å². The first kappa shape index (κ1) is 57.2. The molecular weight excluding hydrogens is 1110 g/mol. The van der Waals surface area contributed by atoms with Crippen LogP contribution < -0.4 is 30.3 Å². The summed E-state index contributed by atoms with van der Waals surface area (Å²) in [6, 6.07) is 47.1. The molecule has 20 nitrogen and oxygen atoms in total. The molecule has 2 aliphatic rings. The molecule has 0 aliphatic carbocycles. The normalized spacial score (nSPS) is 14.1. The molecule has 0 unspecified atom stereocenters. The maximum absolute atomic E-state index is 12.8. The highest BCUT2D eigenvalue weighted by molar-refractivity contribution is 7.92. The fourth-order valence-corrected chi connectivity index (χ4v) is 11.2. The summed E-state index contributed by atoms with van der Waals surface area (Å²) < 4.78 is 48.7. The number of carbonyl (C=O) groups excluding carboxylic acids is 2. The number of piperazine rings is 2. The minimum absolute atomic E-state index is 0.115. The van der Waals surface area contributed by atoms with E-state index >= 15 is 0 Å². The van der Waals surface area contributed by atoms with E-state index in [1.807, 2.05) is 110 Å². The molecule has 2 saturated heterocycles. The number of pyridine rings is 2. The fraction of sp³-hybridized carbons (Fsp3) is 0.175. The second-order valence-corrected chi connectivity index (χ2v) is 24.0. The lowest BCUT2D eigenvalue weighted by Gasteiger charge is -2.35. The van der Waals surface area contributed by atoms with E-state index in [4.69, 9.17) is 15.1 Å². The van der Waals surface area contributed by atoms with Gasteiger partial charge >= 0.3 is 0 Å². The SMILES string of the molecule is CS(=O)(=O)Nc1cccc(C(=O)Nc2ccc(-c3ccc4ncc(N5CCN(Cc6cccnc6)CC5)nc4c3)cc2)c1.NS(=O)(=O)c1cccc(C(=O)Nc2ccc(-c3ccc4ncc(N5CCN(Cc6cccnc6)CC5)nc4c3)cc2)c1. The fourth-order valence-electron chi connectivity index (χ4n) is 10.1. The predicted octanol–water partition coefficient (Wildman–Crippen LogP) is 8.55. The van der Waals surface area contributed by atoms with Gasteiger partial charge in [0.15, 0.2) is 0 Å². The zero-order valence-electron chi connectivity index (χ0n) is 46.4. The number of amides is 2. The number of primary sulfonamides is 1. The van der Waals surface area contributed by atoms with Crippen molar-refractivity contribution >= 4 is 82.6 Å². The number of nitrogens with zero attached hydrogens (tertiary/aromatic N) is 10. The quantitative estimate of drug-likeness (QED) is 0.0750. The lowest BCUT2D eigenvalue weighted by Crippen LogP contribution is -2.46. The van der Waals surface area contributed by atoms with Crippen molar-refractivity contribution in [2.24, 2.45) is 5.14 Å². The van der Waals surface area contributed by atoms with Crippen LogP contribution in [0, 0.1) is 0 Å². The molecule has 5 N–H and O–H groups in total. The highest BCUT2D eigenvalue weighted by Gasteiger charge is 2.22. The number of hydrogen-bond acceptors (Lipinski definition) is 16. The van der Waals surface area contributed by atoms with E-state index in [2.05, 4.69) is 67.0 Å². The van der Waals surface area contributed by atoms with E-state index in [-0.39, 0.29) is 16.4 Å². The van der Waals surface area contributed by atoms with Crippen molar-refractivity contribution in [3.63, 3.8) is 0 Å². The number of hydrogen-bond donors (Lipinski definition) is 4. The van der Waals surface area contributed by atoms with E-state index in [1.54, 1.807) is 42.7 Å². The van der Waals surface area contributed by atoms with E-state index in [0.717, 1.165) is 128 Å². The maximum Gasteiger partial charge on any atom is 0.255 e. The Hall–Kier alpha value is -9.58. The van der Waals surface area contributed by atoms with Crippen LogP contribution >= 0.6 is 0 Å². The van der Waals surface area contributed by atoms with Gasteiger partial charge in [-0.1, -0.05) is 60.7 Å². The first-order valence-corrected chi connectivity index (χ1v) is 30.8. The minimum Gasteiger partial charge on any atom is -0.353 e. The number of nitrogens with two attached hydrogens (primary N) is 1. The van der Waals surface area contributed by atoms with Crippen molar-refractivity contribution < 1.29 is 26.4 Å². The van der Waals surface area contributed by atoms with Gasteiger partial charge in [0.2, 0.25) is 20.0 Å². The Bertz CT molecular complexity index is 4250. The van der Waals surface area contributed by atoms with Gasteiger partial charge < -0.3 is 20.4 Å². The Balaban J connectivity index is 0.000000177. The standard InChI is InChI=1S/C32H31N7O3S.C31H29N7O3S/c1-43(41,42)37-28-6-2-5-26(18-28)32(40)35-27-10-7-24(8-11-27)25-9-12-29-30(19-25)36-31(21-34-29)39-16-14-38(15-17-39)22-23-4-3-13-33-20-23;32-42(40,41)27-5-1-4-25(17-27)31(39)35-26-9-6-23(7-10-26)24-8-11-28-29(18-24)36-30(20-34-28)38-15-13-37(14-16-38)21-22-3-2-12-33-19-22/h2-13,18-21,37H,14-17,22H2,1H3,(H,35,40);1-12,17-20H,13-16,21H2,(H,35,39)(H2,32,40,41).